The Morgan fingerprint density at radius 2 is 0.850 bits per heavy atom. The summed E-state index contributed by atoms with van der Waals surface area (Å²) >= 11 is 0. The molecule has 0 radical (unpaired) electrons. The van der Waals surface area contributed by atoms with Gasteiger partial charge >= 0.3 is 5.97 Å². The fourth-order valence-corrected chi connectivity index (χ4v) is 9.41. The van der Waals surface area contributed by atoms with Crippen LogP contribution >= 0.6 is 0 Å². The number of fused-ring (bicyclic) bond motifs is 6. The van der Waals surface area contributed by atoms with Crippen LogP contribution in [0.4, 0.5) is 0 Å². The van der Waals surface area contributed by atoms with Gasteiger partial charge in [-0.2, -0.15) is 0 Å². The van der Waals surface area contributed by atoms with Crippen LogP contribution in [-0.4, -0.2) is 156 Å². The predicted molar refractivity (Wildman–Crippen MR) is 289 cm³/mol. The number of rotatable bonds is 3. The third kappa shape index (κ3) is 12.7. The van der Waals surface area contributed by atoms with Crippen LogP contribution < -0.4 is 10.6 Å². The molecular weight excluding hydrogens is 1030 g/mol. The molecule has 0 spiro atoms. The van der Waals surface area contributed by atoms with Crippen molar-refractivity contribution in [2.45, 2.75) is 19.3 Å². The minimum absolute atomic E-state index is 0.0156. The largest absolute Gasteiger partial charge is 0.478 e. The standard InChI is InChI=1S/C13H9NO2.C10H11NO2.C9H9NO3.C9H7NO2.C8H9NO.C5H7NO2.C5H5NO2/c1-14-12(15)9-6-2-4-8-5-3-7-10(11(8)9)13(14)16;1-11-9(12)7-5-2-3-6(4-5)8(7)10(11)13;1-10-8(11)6-4-2-3-5-7(6)9(12)13;1-10-8(11)6-4-2-3-5-7(6)9(10)12;1-9-8(10)7-5-3-2-4-6-7;2*1-6-4(7)2-3-5(6)8/h2-7H,1H3;2-3,5-8H,4H2,1H3;2-5H,1H3,(H,10,11)(H,12,13);2-5H,1H3;2-6H,1H3,(H,9,10);2-3H2,1H3;2-3H,1H3. The summed E-state index contributed by atoms with van der Waals surface area (Å²) in [6.07, 6.45) is 8.53. The number of benzene rings is 5. The summed E-state index contributed by atoms with van der Waals surface area (Å²) in [6.45, 7) is 0. The number of carboxylic acid groups (broad SMARTS) is 1. The maximum atomic E-state index is 11.9. The lowest BCUT2D eigenvalue weighted by molar-refractivity contribution is -0.139. The van der Waals surface area contributed by atoms with Crippen LogP contribution in [-0.2, 0) is 28.8 Å². The number of hydrogen-bond acceptors (Lipinski definition) is 13. The van der Waals surface area contributed by atoms with Gasteiger partial charge in [-0.15, -0.1) is 0 Å². The molecule has 4 unspecified atom stereocenters. The van der Waals surface area contributed by atoms with Crippen molar-refractivity contribution < 1.29 is 67.4 Å². The summed E-state index contributed by atoms with van der Waals surface area (Å²) in [6, 6.07) is 33.0. The molecule has 12 rings (SSSR count). The number of likely N-dealkylation sites (tertiary alicyclic amines) is 2. The number of imide groups is 5. The van der Waals surface area contributed by atoms with E-state index < -0.39 is 11.9 Å². The van der Waals surface area contributed by atoms with E-state index in [0.717, 1.165) is 31.9 Å². The molecule has 7 aliphatic rings. The highest BCUT2D eigenvalue weighted by Crippen LogP contribution is 2.52. The monoisotopic (exact) mass is 1090 g/mol. The Bertz CT molecular complexity index is 3280. The molecule has 0 aromatic heterocycles. The molecule has 21 nitrogen and oxygen atoms in total. The summed E-state index contributed by atoms with van der Waals surface area (Å²) in [5, 5.41) is 15.4. The molecule has 5 heterocycles. The fraction of sp³-hybridized carbons (Fsp3) is 0.237. The number of allylic oxidation sites excluding steroid dienone is 2. The normalized spacial score (nSPS) is 19.3. The van der Waals surface area contributed by atoms with Crippen LogP contribution in [0.25, 0.3) is 10.8 Å². The van der Waals surface area contributed by atoms with Gasteiger partial charge in [0.2, 0.25) is 23.6 Å². The quantitative estimate of drug-likeness (QED) is 0.166. The SMILES string of the molecule is CN1C(=O)C2C3C=CC(C3)C2C1=O.CN1C(=O)C=CC1=O.CN1C(=O)CCC1=O.CN1C(=O)c2cccc3cccc(c23)C1=O.CN1C(=O)c2ccccc2C1=O.CNC(=O)c1ccccc1.CNC(=O)c1ccccc1C(=O)O. The van der Waals surface area contributed by atoms with Crippen molar-refractivity contribution in [1.82, 2.24) is 35.1 Å². The zero-order chi connectivity index (χ0) is 58.7. The number of carboxylic acids is 1. The van der Waals surface area contributed by atoms with Gasteiger partial charge in [0, 0.05) is 96.4 Å². The van der Waals surface area contributed by atoms with E-state index >= 15 is 0 Å². The zero-order valence-corrected chi connectivity index (χ0v) is 44.7. The second kappa shape index (κ2) is 25.9. The van der Waals surface area contributed by atoms with E-state index in [9.17, 15) is 62.3 Å². The highest BCUT2D eigenvalue weighted by Gasteiger charge is 2.58. The number of nitrogens with one attached hydrogen (secondary N) is 2. The average Bonchev–Trinajstić information content (AvgIpc) is 4.43. The molecule has 12 amide bonds. The topological polar surface area (TPSA) is 282 Å². The molecule has 412 valence electrons. The van der Waals surface area contributed by atoms with Crippen molar-refractivity contribution in [3.63, 3.8) is 0 Å². The lowest BCUT2D eigenvalue weighted by Gasteiger charge is -2.23. The number of aromatic carboxylic acids is 1. The third-order valence-electron chi connectivity index (χ3n) is 13.9. The van der Waals surface area contributed by atoms with Gasteiger partial charge in [0.25, 0.3) is 47.3 Å². The van der Waals surface area contributed by atoms with E-state index in [1.165, 1.54) is 69.3 Å². The Hall–Kier alpha value is -10.1. The van der Waals surface area contributed by atoms with E-state index in [0.29, 0.717) is 52.5 Å². The summed E-state index contributed by atoms with van der Waals surface area (Å²) in [7, 11) is 10.6. The molecule has 1 saturated carbocycles. The van der Waals surface area contributed by atoms with Gasteiger partial charge in [-0.1, -0.05) is 78.9 Å². The van der Waals surface area contributed by atoms with Crippen LogP contribution in [0.2, 0.25) is 0 Å². The first-order chi connectivity index (χ1) is 38.0. The number of carbonyl (C=O) groups excluding carboxylic acids is 12. The third-order valence-corrected chi connectivity index (χ3v) is 13.9. The number of likely N-dealkylation sites (N-methyl/N-ethyl adjacent to an activating group) is 1. The van der Waals surface area contributed by atoms with Crippen LogP contribution in [0.5, 0.6) is 0 Å². The van der Waals surface area contributed by atoms with E-state index in [1.54, 1.807) is 74.8 Å². The minimum Gasteiger partial charge on any atom is -0.478 e. The van der Waals surface area contributed by atoms with Crippen molar-refractivity contribution >= 4 is 87.6 Å². The Labute approximate surface area is 459 Å². The second-order valence-corrected chi connectivity index (χ2v) is 18.6. The number of carbonyl (C=O) groups is 13. The van der Waals surface area contributed by atoms with E-state index in [2.05, 4.69) is 22.8 Å². The molecular formula is C59H57N7O14. The first kappa shape index (κ1) is 59.2. The van der Waals surface area contributed by atoms with Crippen molar-refractivity contribution in [2.75, 3.05) is 49.3 Å². The van der Waals surface area contributed by atoms with Gasteiger partial charge in [0.05, 0.1) is 34.1 Å². The molecule has 2 bridgehead atoms. The van der Waals surface area contributed by atoms with Crippen LogP contribution in [0.3, 0.4) is 0 Å². The molecule has 2 aliphatic carbocycles. The van der Waals surface area contributed by atoms with Gasteiger partial charge in [-0.3, -0.25) is 82.0 Å². The molecule has 3 fully saturated rings. The van der Waals surface area contributed by atoms with Crippen LogP contribution in [0.15, 0.2) is 140 Å². The lowest BCUT2D eigenvalue weighted by atomic mass is 9.85. The number of nitrogens with zero attached hydrogens (tertiary/aromatic N) is 5. The van der Waals surface area contributed by atoms with Gasteiger partial charge in [-0.25, -0.2) is 4.79 Å². The Morgan fingerprint density at radius 1 is 0.450 bits per heavy atom. The summed E-state index contributed by atoms with van der Waals surface area (Å²) in [4.78, 5) is 150. The first-order valence-electron chi connectivity index (χ1n) is 24.9. The summed E-state index contributed by atoms with van der Waals surface area (Å²) in [5.41, 5.74) is 3.12. The molecule has 3 N–H and O–H groups in total. The summed E-state index contributed by atoms with van der Waals surface area (Å²) in [5.74, 6) is -2.30. The zero-order valence-electron chi connectivity index (χ0n) is 44.7. The smallest absolute Gasteiger partial charge is 0.336 e. The van der Waals surface area contributed by atoms with E-state index in [1.807, 2.05) is 42.5 Å². The van der Waals surface area contributed by atoms with Crippen molar-refractivity contribution in [3.05, 3.63) is 179 Å². The predicted octanol–water partition coefficient (Wildman–Crippen LogP) is 4.50. The first-order valence-corrected chi connectivity index (χ1v) is 24.9. The second-order valence-electron chi connectivity index (χ2n) is 18.6. The maximum absolute atomic E-state index is 11.9. The Morgan fingerprint density at radius 3 is 1.24 bits per heavy atom. The molecule has 5 aromatic rings. The highest BCUT2D eigenvalue weighted by atomic mass is 16.4. The number of hydrogen-bond donors (Lipinski definition) is 3. The average molecular weight is 1090 g/mol. The minimum atomic E-state index is -1.10. The molecule has 5 aliphatic heterocycles. The van der Waals surface area contributed by atoms with Gasteiger partial charge in [-0.05, 0) is 72.2 Å². The van der Waals surface area contributed by atoms with Crippen molar-refractivity contribution in [2.24, 2.45) is 23.7 Å². The van der Waals surface area contributed by atoms with Gasteiger partial charge in [0.1, 0.15) is 0 Å². The molecule has 21 heteroatoms. The maximum Gasteiger partial charge on any atom is 0.336 e. The van der Waals surface area contributed by atoms with E-state index in [-0.39, 0.29) is 87.9 Å². The molecule has 2 saturated heterocycles. The van der Waals surface area contributed by atoms with Crippen LogP contribution in [0, 0.1) is 23.7 Å². The summed E-state index contributed by atoms with van der Waals surface area (Å²) < 4.78 is 0. The van der Waals surface area contributed by atoms with Gasteiger partial charge in [0.15, 0.2) is 0 Å². The Balaban J connectivity index is 0.000000152. The van der Waals surface area contributed by atoms with Crippen molar-refractivity contribution in [3.8, 4) is 0 Å². The van der Waals surface area contributed by atoms with Crippen LogP contribution in [0.1, 0.15) is 91.8 Å². The number of amides is 12. The lowest BCUT2D eigenvalue weighted by Crippen LogP contribution is -2.36. The van der Waals surface area contributed by atoms with Crippen molar-refractivity contribution in [1.29, 1.82) is 0 Å². The van der Waals surface area contributed by atoms with E-state index in [4.69, 9.17) is 5.11 Å². The fourth-order valence-electron chi connectivity index (χ4n) is 9.41. The highest BCUT2D eigenvalue weighted by molar-refractivity contribution is 6.25. The molecule has 4 atom stereocenters. The molecule has 80 heavy (non-hydrogen) atoms. The molecule has 5 aromatic carbocycles. The van der Waals surface area contributed by atoms with Gasteiger partial charge < -0.3 is 15.7 Å². The Kier molecular flexibility index (Phi) is 19.1.